The Bertz CT molecular complexity index is 832. The molecule has 5 nitrogen and oxygen atoms in total. The van der Waals surface area contributed by atoms with Gasteiger partial charge in [-0.15, -0.1) is 0 Å². The number of rotatable bonds is 6. The summed E-state index contributed by atoms with van der Waals surface area (Å²) in [5.41, 5.74) is 1.20. The molecule has 0 radical (unpaired) electrons. The zero-order valence-electron chi connectivity index (χ0n) is 13.4. The lowest BCUT2D eigenvalue weighted by molar-refractivity contribution is -0.116. The summed E-state index contributed by atoms with van der Waals surface area (Å²) in [7, 11) is -1.87. The SMILES string of the molecule is COc1ccc(CCC(=O)Nc2ccc(S(C)(=O)=O)cc2)cc1F. The van der Waals surface area contributed by atoms with Crippen LogP contribution in [0.4, 0.5) is 10.1 Å². The van der Waals surface area contributed by atoms with Gasteiger partial charge in [-0.1, -0.05) is 6.07 Å². The summed E-state index contributed by atoms with van der Waals surface area (Å²) in [5, 5.41) is 2.68. The highest BCUT2D eigenvalue weighted by atomic mass is 32.2. The van der Waals surface area contributed by atoms with Gasteiger partial charge in [-0.25, -0.2) is 12.8 Å². The van der Waals surface area contributed by atoms with Crippen LogP contribution in [-0.4, -0.2) is 27.7 Å². The molecule has 24 heavy (non-hydrogen) atoms. The lowest BCUT2D eigenvalue weighted by Crippen LogP contribution is -2.12. The number of nitrogens with one attached hydrogen (secondary N) is 1. The van der Waals surface area contributed by atoms with Gasteiger partial charge >= 0.3 is 0 Å². The number of sulfone groups is 1. The third kappa shape index (κ3) is 4.79. The number of halogens is 1. The van der Waals surface area contributed by atoms with Gasteiger partial charge in [0, 0.05) is 18.4 Å². The zero-order chi connectivity index (χ0) is 17.7. The molecule has 0 aromatic heterocycles. The highest BCUT2D eigenvalue weighted by molar-refractivity contribution is 7.90. The van der Waals surface area contributed by atoms with E-state index in [1.54, 1.807) is 6.07 Å². The number of carbonyl (C=O) groups excluding carboxylic acids is 1. The first-order valence-electron chi connectivity index (χ1n) is 7.22. The van der Waals surface area contributed by atoms with Crippen LogP contribution in [-0.2, 0) is 21.1 Å². The molecule has 0 spiro atoms. The van der Waals surface area contributed by atoms with Crippen molar-refractivity contribution in [3.8, 4) is 5.75 Å². The zero-order valence-corrected chi connectivity index (χ0v) is 14.2. The normalized spacial score (nSPS) is 11.1. The van der Waals surface area contributed by atoms with Crippen molar-refractivity contribution in [3.05, 3.63) is 53.8 Å². The molecule has 0 fully saturated rings. The van der Waals surface area contributed by atoms with E-state index in [0.29, 0.717) is 17.7 Å². The number of aryl methyl sites for hydroxylation is 1. The molecule has 128 valence electrons. The number of methoxy groups -OCH3 is 1. The number of benzene rings is 2. The molecular weight excluding hydrogens is 333 g/mol. The van der Waals surface area contributed by atoms with Crippen molar-refractivity contribution >= 4 is 21.4 Å². The molecule has 1 N–H and O–H groups in total. The van der Waals surface area contributed by atoms with Crippen molar-refractivity contribution in [2.75, 3.05) is 18.7 Å². The maximum atomic E-state index is 13.6. The Hall–Kier alpha value is -2.41. The number of amides is 1. The summed E-state index contributed by atoms with van der Waals surface area (Å²) in [6.07, 6.45) is 1.68. The molecule has 0 aliphatic carbocycles. The van der Waals surface area contributed by atoms with Crippen molar-refractivity contribution in [3.63, 3.8) is 0 Å². The molecule has 0 bridgehead atoms. The first-order chi connectivity index (χ1) is 11.3. The smallest absolute Gasteiger partial charge is 0.224 e. The highest BCUT2D eigenvalue weighted by Gasteiger charge is 2.09. The van der Waals surface area contributed by atoms with Crippen LogP contribution < -0.4 is 10.1 Å². The molecule has 0 unspecified atom stereocenters. The van der Waals surface area contributed by atoms with Crippen LogP contribution in [0.15, 0.2) is 47.4 Å². The van der Waals surface area contributed by atoms with Crippen LogP contribution in [0.2, 0.25) is 0 Å². The van der Waals surface area contributed by atoms with Gasteiger partial charge < -0.3 is 10.1 Å². The number of carbonyl (C=O) groups is 1. The third-order valence-electron chi connectivity index (χ3n) is 3.42. The topological polar surface area (TPSA) is 72.5 Å². The molecule has 0 saturated heterocycles. The van der Waals surface area contributed by atoms with E-state index >= 15 is 0 Å². The monoisotopic (exact) mass is 351 g/mol. The maximum Gasteiger partial charge on any atom is 0.224 e. The Balaban J connectivity index is 1.92. The van der Waals surface area contributed by atoms with Crippen molar-refractivity contribution < 1.29 is 22.3 Å². The van der Waals surface area contributed by atoms with Gasteiger partial charge in [-0.05, 0) is 48.4 Å². The van der Waals surface area contributed by atoms with Crippen LogP contribution in [0, 0.1) is 5.82 Å². The molecule has 2 rings (SSSR count). The highest BCUT2D eigenvalue weighted by Crippen LogP contribution is 2.19. The van der Waals surface area contributed by atoms with Gasteiger partial charge in [-0.2, -0.15) is 0 Å². The Kier molecular flexibility index (Phi) is 5.56. The molecule has 1 amide bonds. The predicted molar refractivity (Wildman–Crippen MR) is 89.5 cm³/mol. The fourth-order valence-electron chi connectivity index (χ4n) is 2.13. The second kappa shape index (κ2) is 7.44. The number of hydrogen-bond donors (Lipinski definition) is 1. The number of hydrogen-bond acceptors (Lipinski definition) is 4. The molecule has 0 aliphatic rings. The summed E-state index contributed by atoms with van der Waals surface area (Å²) in [5.74, 6) is -0.542. The van der Waals surface area contributed by atoms with Gasteiger partial charge in [0.15, 0.2) is 21.4 Å². The van der Waals surface area contributed by atoms with E-state index in [1.807, 2.05) is 0 Å². The Labute approximate surface area is 140 Å². The molecular formula is C17H18FNO4S. The maximum absolute atomic E-state index is 13.6. The van der Waals surface area contributed by atoms with Crippen LogP contribution in [0.25, 0.3) is 0 Å². The van der Waals surface area contributed by atoms with Crippen LogP contribution in [0.1, 0.15) is 12.0 Å². The summed E-state index contributed by atoms with van der Waals surface area (Å²) >= 11 is 0. The quantitative estimate of drug-likeness (QED) is 0.869. The molecule has 2 aromatic carbocycles. The van der Waals surface area contributed by atoms with E-state index in [-0.39, 0.29) is 23.0 Å². The van der Waals surface area contributed by atoms with Crippen molar-refractivity contribution in [1.29, 1.82) is 0 Å². The van der Waals surface area contributed by atoms with Gasteiger partial charge in [0.2, 0.25) is 5.91 Å². The summed E-state index contributed by atoms with van der Waals surface area (Å²) in [6, 6.07) is 10.5. The van der Waals surface area contributed by atoms with E-state index in [0.717, 1.165) is 6.26 Å². The number of ether oxygens (including phenoxy) is 1. The second-order valence-electron chi connectivity index (χ2n) is 5.31. The fraction of sp³-hybridized carbons (Fsp3) is 0.235. The van der Waals surface area contributed by atoms with Gasteiger partial charge in [0.05, 0.1) is 12.0 Å². The lowest BCUT2D eigenvalue weighted by atomic mass is 10.1. The first kappa shape index (κ1) is 17.9. The van der Waals surface area contributed by atoms with E-state index in [2.05, 4.69) is 5.32 Å². The van der Waals surface area contributed by atoms with E-state index < -0.39 is 15.7 Å². The van der Waals surface area contributed by atoms with Crippen LogP contribution >= 0.6 is 0 Å². The average molecular weight is 351 g/mol. The first-order valence-corrected chi connectivity index (χ1v) is 9.11. The van der Waals surface area contributed by atoms with Crippen molar-refractivity contribution in [2.24, 2.45) is 0 Å². The Morgan fingerprint density at radius 3 is 2.38 bits per heavy atom. The van der Waals surface area contributed by atoms with E-state index in [4.69, 9.17) is 4.74 Å². The largest absolute Gasteiger partial charge is 0.494 e. The minimum Gasteiger partial charge on any atom is -0.494 e. The molecule has 2 aromatic rings. The minimum atomic E-state index is -3.26. The van der Waals surface area contributed by atoms with E-state index in [9.17, 15) is 17.6 Å². The summed E-state index contributed by atoms with van der Waals surface area (Å²) < 4.78 is 41.2. The lowest BCUT2D eigenvalue weighted by Gasteiger charge is -2.07. The molecule has 0 atom stereocenters. The van der Waals surface area contributed by atoms with Crippen molar-refractivity contribution in [2.45, 2.75) is 17.7 Å². The predicted octanol–water partition coefficient (Wildman–Crippen LogP) is 2.81. The molecule has 7 heteroatoms. The van der Waals surface area contributed by atoms with Gasteiger partial charge in [-0.3, -0.25) is 4.79 Å². The standard InChI is InChI=1S/C17H18FNO4S/c1-23-16-9-3-12(11-15(16)18)4-10-17(20)19-13-5-7-14(8-6-13)24(2,21)22/h3,5-9,11H,4,10H2,1-2H3,(H,19,20). The third-order valence-corrected chi connectivity index (χ3v) is 4.55. The Morgan fingerprint density at radius 2 is 1.83 bits per heavy atom. The molecule has 0 saturated carbocycles. The Morgan fingerprint density at radius 1 is 1.17 bits per heavy atom. The average Bonchev–Trinajstić information content (AvgIpc) is 2.53. The van der Waals surface area contributed by atoms with Crippen LogP contribution in [0.3, 0.4) is 0 Å². The molecule has 0 aliphatic heterocycles. The number of anilines is 1. The second-order valence-corrected chi connectivity index (χ2v) is 7.33. The minimum absolute atomic E-state index is 0.161. The van der Waals surface area contributed by atoms with E-state index in [1.165, 1.54) is 43.5 Å². The van der Waals surface area contributed by atoms with Gasteiger partial charge in [0.25, 0.3) is 0 Å². The van der Waals surface area contributed by atoms with Gasteiger partial charge in [0.1, 0.15) is 0 Å². The van der Waals surface area contributed by atoms with Crippen molar-refractivity contribution in [1.82, 2.24) is 0 Å². The summed E-state index contributed by atoms with van der Waals surface area (Å²) in [6.45, 7) is 0. The fourth-order valence-corrected chi connectivity index (χ4v) is 2.76. The molecule has 0 heterocycles. The summed E-state index contributed by atoms with van der Waals surface area (Å²) in [4.78, 5) is 12.1. The van der Waals surface area contributed by atoms with Crippen LogP contribution in [0.5, 0.6) is 5.75 Å².